The zero-order chi connectivity index (χ0) is 15.6. The second-order valence-electron chi connectivity index (χ2n) is 4.50. The van der Waals surface area contributed by atoms with E-state index in [-0.39, 0.29) is 11.3 Å². The summed E-state index contributed by atoms with van der Waals surface area (Å²) in [6, 6.07) is 4.54. The van der Waals surface area contributed by atoms with Crippen LogP contribution in [0.2, 0.25) is 0 Å². The molecule has 0 atom stereocenters. The number of nitrogens with two attached hydrogens (primary N) is 1. The van der Waals surface area contributed by atoms with E-state index in [0.717, 1.165) is 22.4 Å². The fraction of sp³-hybridized carbons (Fsp3) is 0.286. The number of hydrogen-bond acceptors (Lipinski definition) is 4. The Labute approximate surface area is 130 Å². The van der Waals surface area contributed by atoms with E-state index in [9.17, 15) is 4.79 Å². The summed E-state index contributed by atoms with van der Waals surface area (Å²) in [4.78, 5) is 10.9. The highest BCUT2D eigenvalue weighted by Crippen LogP contribution is 2.24. The summed E-state index contributed by atoms with van der Waals surface area (Å²) in [6.45, 7) is 4.98. The molecule has 0 radical (unpaired) electrons. The zero-order valence-electron chi connectivity index (χ0n) is 11.8. The molecule has 0 aliphatic heterocycles. The molecule has 0 spiro atoms. The lowest BCUT2D eigenvalue weighted by Crippen LogP contribution is -2.07. The highest BCUT2D eigenvalue weighted by molar-refractivity contribution is 9.10. The molecule has 2 rings (SSSR count). The van der Waals surface area contributed by atoms with Gasteiger partial charge in [0.25, 0.3) is 0 Å². The molecule has 0 unspecified atom stereocenters. The number of ether oxygens (including phenoxy) is 1. The number of hydrogen-bond donors (Lipinski definition) is 2. The van der Waals surface area contributed by atoms with Crippen LogP contribution in [-0.2, 0) is 13.2 Å². The van der Waals surface area contributed by atoms with Gasteiger partial charge in [-0.25, -0.2) is 4.79 Å². The third-order valence-electron chi connectivity index (χ3n) is 3.08. The number of nitrogen functional groups attached to an aromatic ring is 1. The summed E-state index contributed by atoms with van der Waals surface area (Å²) < 4.78 is 8.45. The summed E-state index contributed by atoms with van der Waals surface area (Å²) in [5.41, 5.74) is 7.77. The SMILES string of the molecule is CCn1nc(C)c(Br)c1COc1ccc(C(=O)O)c(N)c1. The van der Waals surface area contributed by atoms with Crippen LogP contribution < -0.4 is 10.5 Å². The molecular weight excluding hydrogens is 338 g/mol. The molecule has 0 aliphatic carbocycles. The molecule has 2 aromatic rings. The number of nitrogens with zero attached hydrogens (tertiary/aromatic N) is 2. The number of aromatic nitrogens is 2. The van der Waals surface area contributed by atoms with Gasteiger partial charge >= 0.3 is 5.97 Å². The Morgan fingerprint density at radius 2 is 2.24 bits per heavy atom. The van der Waals surface area contributed by atoms with Gasteiger partial charge in [-0.1, -0.05) is 0 Å². The topological polar surface area (TPSA) is 90.4 Å². The van der Waals surface area contributed by atoms with Crippen molar-refractivity contribution in [3.63, 3.8) is 0 Å². The van der Waals surface area contributed by atoms with Crippen LogP contribution in [0, 0.1) is 6.92 Å². The van der Waals surface area contributed by atoms with Crippen LogP contribution in [0.25, 0.3) is 0 Å². The van der Waals surface area contributed by atoms with Crippen molar-refractivity contribution >= 4 is 27.6 Å². The van der Waals surface area contributed by atoms with Gasteiger partial charge in [-0.15, -0.1) is 0 Å². The Balaban J connectivity index is 2.17. The van der Waals surface area contributed by atoms with Crippen molar-refractivity contribution in [2.75, 3.05) is 5.73 Å². The molecule has 1 heterocycles. The van der Waals surface area contributed by atoms with Gasteiger partial charge in [-0.3, -0.25) is 4.68 Å². The molecule has 6 nitrogen and oxygen atoms in total. The van der Waals surface area contributed by atoms with E-state index in [2.05, 4.69) is 21.0 Å². The minimum absolute atomic E-state index is 0.0676. The third-order valence-corrected chi connectivity index (χ3v) is 4.11. The molecule has 21 heavy (non-hydrogen) atoms. The largest absolute Gasteiger partial charge is 0.487 e. The van der Waals surface area contributed by atoms with Gasteiger partial charge in [0.05, 0.1) is 21.4 Å². The summed E-state index contributed by atoms with van der Waals surface area (Å²) in [6.07, 6.45) is 0. The second kappa shape index (κ2) is 6.17. The van der Waals surface area contributed by atoms with Crippen molar-refractivity contribution in [2.45, 2.75) is 27.0 Å². The third kappa shape index (κ3) is 3.18. The zero-order valence-corrected chi connectivity index (χ0v) is 13.3. The van der Waals surface area contributed by atoms with Crippen LogP contribution in [0.1, 0.15) is 28.7 Å². The number of rotatable bonds is 5. The predicted octanol–water partition coefficient (Wildman–Crippen LogP) is 2.83. The summed E-state index contributed by atoms with van der Waals surface area (Å²) >= 11 is 3.49. The molecule has 0 bridgehead atoms. The molecule has 0 amide bonds. The van der Waals surface area contributed by atoms with Gasteiger partial charge in [-0.2, -0.15) is 5.10 Å². The minimum atomic E-state index is -1.05. The van der Waals surface area contributed by atoms with Crippen LogP contribution in [-0.4, -0.2) is 20.9 Å². The smallest absolute Gasteiger partial charge is 0.337 e. The number of carbonyl (C=O) groups is 1. The Kier molecular flexibility index (Phi) is 4.52. The first-order valence-corrected chi connectivity index (χ1v) is 7.20. The monoisotopic (exact) mass is 353 g/mol. The first kappa shape index (κ1) is 15.4. The van der Waals surface area contributed by atoms with Gasteiger partial charge < -0.3 is 15.6 Å². The molecule has 0 saturated heterocycles. The van der Waals surface area contributed by atoms with Crippen LogP contribution in [0.5, 0.6) is 5.75 Å². The first-order valence-electron chi connectivity index (χ1n) is 6.41. The van der Waals surface area contributed by atoms with E-state index in [1.165, 1.54) is 12.1 Å². The van der Waals surface area contributed by atoms with Crippen molar-refractivity contribution < 1.29 is 14.6 Å². The number of aromatic carboxylic acids is 1. The Hall–Kier alpha value is -2.02. The maximum atomic E-state index is 10.9. The average molecular weight is 354 g/mol. The van der Waals surface area contributed by atoms with Crippen molar-refractivity contribution in [1.82, 2.24) is 9.78 Å². The standard InChI is InChI=1S/C14H16BrN3O3/c1-3-18-12(13(15)8(2)17-18)7-21-9-4-5-10(14(19)20)11(16)6-9/h4-6H,3,7,16H2,1-2H3,(H,19,20). The van der Waals surface area contributed by atoms with Crippen molar-refractivity contribution in [1.29, 1.82) is 0 Å². The number of aryl methyl sites for hydroxylation is 2. The molecule has 0 saturated carbocycles. The van der Waals surface area contributed by atoms with E-state index in [4.69, 9.17) is 15.6 Å². The summed E-state index contributed by atoms with van der Waals surface area (Å²) in [5.74, 6) is -0.535. The second-order valence-corrected chi connectivity index (χ2v) is 5.30. The van der Waals surface area contributed by atoms with Crippen molar-refractivity contribution in [2.24, 2.45) is 0 Å². The fourth-order valence-electron chi connectivity index (χ4n) is 1.98. The molecule has 3 N–H and O–H groups in total. The Bertz CT molecular complexity index is 682. The highest BCUT2D eigenvalue weighted by Gasteiger charge is 2.13. The average Bonchev–Trinajstić information content (AvgIpc) is 2.71. The summed E-state index contributed by atoms with van der Waals surface area (Å²) in [5, 5.41) is 13.3. The Morgan fingerprint density at radius 3 is 2.81 bits per heavy atom. The molecular formula is C14H16BrN3O3. The maximum absolute atomic E-state index is 10.9. The van der Waals surface area contributed by atoms with E-state index >= 15 is 0 Å². The molecule has 0 fully saturated rings. The molecule has 7 heteroatoms. The van der Waals surface area contributed by atoms with E-state index in [1.54, 1.807) is 6.07 Å². The minimum Gasteiger partial charge on any atom is -0.487 e. The van der Waals surface area contributed by atoms with Crippen molar-refractivity contribution in [3.8, 4) is 5.75 Å². The van der Waals surface area contributed by atoms with Gasteiger partial charge in [0.15, 0.2) is 0 Å². The molecule has 1 aromatic carbocycles. The van der Waals surface area contributed by atoms with E-state index in [1.807, 2.05) is 18.5 Å². The highest BCUT2D eigenvalue weighted by atomic mass is 79.9. The van der Waals surface area contributed by atoms with Crippen LogP contribution >= 0.6 is 15.9 Å². The number of benzene rings is 1. The lowest BCUT2D eigenvalue weighted by atomic mass is 10.2. The fourth-order valence-corrected chi connectivity index (χ4v) is 2.38. The van der Waals surface area contributed by atoms with Gasteiger partial charge in [0, 0.05) is 18.3 Å². The number of anilines is 1. The van der Waals surface area contributed by atoms with Gasteiger partial charge in [-0.05, 0) is 41.9 Å². The van der Waals surface area contributed by atoms with Gasteiger partial charge in [0.1, 0.15) is 12.4 Å². The molecule has 1 aromatic heterocycles. The number of halogens is 1. The first-order chi connectivity index (χ1) is 9.93. The predicted molar refractivity (Wildman–Crippen MR) is 82.5 cm³/mol. The van der Waals surface area contributed by atoms with Crippen LogP contribution in [0.15, 0.2) is 22.7 Å². The van der Waals surface area contributed by atoms with E-state index < -0.39 is 5.97 Å². The number of carboxylic acids is 1. The van der Waals surface area contributed by atoms with Gasteiger partial charge in [0.2, 0.25) is 0 Å². The lowest BCUT2D eigenvalue weighted by molar-refractivity contribution is 0.0698. The quantitative estimate of drug-likeness (QED) is 0.806. The summed E-state index contributed by atoms with van der Waals surface area (Å²) in [7, 11) is 0. The lowest BCUT2D eigenvalue weighted by Gasteiger charge is -2.10. The van der Waals surface area contributed by atoms with E-state index in [0.29, 0.717) is 12.4 Å². The number of carboxylic acid groups (broad SMARTS) is 1. The normalized spacial score (nSPS) is 10.6. The molecule has 112 valence electrons. The maximum Gasteiger partial charge on any atom is 0.337 e. The van der Waals surface area contributed by atoms with Crippen LogP contribution in [0.4, 0.5) is 5.69 Å². The van der Waals surface area contributed by atoms with Crippen LogP contribution in [0.3, 0.4) is 0 Å². The molecule has 0 aliphatic rings. The van der Waals surface area contributed by atoms with Crippen molar-refractivity contribution in [3.05, 3.63) is 39.6 Å². The Morgan fingerprint density at radius 1 is 1.52 bits per heavy atom.